The third-order valence-corrected chi connectivity index (χ3v) is 7.61. The van der Waals surface area contributed by atoms with Crippen molar-refractivity contribution in [2.24, 2.45) is 5.92 Å². The van der Waals surface area contributed by atoms with E-state index in [0.29, 0.717) is 23.4 Å². The molecule has 8 nitrogen and oxygen atoms in total. The summed E-state index contributed by atoms with van der Waals surface area (Å²) in [6.45, 7) is -0.0577. The second-order valence-corrected chi connectivity index (χ2v) is 10.7. The zero-order valence-electron chi connectivity index (χ0n) is 22.6. The number of hydrogen-bond acceptors (Lipinski definition) is 4. The van der Waals surface area contributed by atoms with Crippen molar-refractivity contribution in [3.63, 3.8) is 0 Å². The maximum Gasteiger partial charge on any atom is 0.408 e. The molecule has 1 heterocycles. The summed E-state index contributed by atoms with van der Waals surface area (Å²) in [4.78, 5) is 39.4. The minimum Gasteiger partial charge on any atom is -0.465 e. The highest BCUT2D eigenvalue weighted by Crippen LogP contribution is 2.46. The summed E-state index contributed by atoms with van der Waals surface area (Å²) in [5.74, 6) is -5.35. The maximum absolute atomic E-state index is 16.5. The molecular weight excluding hydrogens is 568 g/mol. The number of carboxylic acid groups (broad SMARTS) is 1. The zero-order chi connectivity index (χ0) is 30.3. The van der Waals surface area contributed by atoms with Crippen LogP contribution in [0.15, 0.2) is 84.9 Å². The predicted octanol–water partition coefficient (Wildman–Crippen LogP) is 4.77. The number of amides is 3. The summed E-state index contributed by atoms with van der Waals surface area (Å²) in [5.41, 5.74) is -0.0102. The van der Waals surface area contributed by atoms with E-state index in [4.69, 9.17) is 11.6 Å². The molecule has 0 aromatic heterocycles. The van der Waals surface area contributed by atoms with Crippen molar-refractivity contribution in [2.45, 2.75) is 43.3 Å². The van der Waals surface area contributed by atoms with Crippen molar-refractivity contribution < 1.29 is 33.4 Å². The molecule has 0 aliphatic carbocycles. The van der Waals surface area contributed by atoms with Crippen LogP contribution in [0.3, 0.4) is 0 Å². The van der Waals surface area contributed by atoms with Crippen molar-refractivity contribution in [2.75, 3.05) is 13.2 Å². The first kappa shape index (κ1) is 30.9. The molecule has 11 heteroatoms. The molecule has 4 rings (SSSR count). The SMILES string of the molecule is O=C1NCC[C@H]1C[C@@H](CO)NC(=O)[C@H](Cc1ccccc1)N(C(=O)O)C(c1ccccc1)C(F)(F)c1cccc(Cl)c1. The first-order valence-electron chi connectivity index (χ1n) is 13.5. The molecule has 1 aliphatic rings. The molecule has 1 unspecified atom stereocenters. The van der Waals surface area contributed by atoms with Crippen LogP contribution < -0.4 is 10.6 Å². The van der Waals surface area contributed by atoms with Gasteiger partial charge in [0.05, 0.1) is 12.6 Å². The molecule has 0 spiro atoms. The molecule has 42 heavy (non-hydrogen) atoms. The Labute approximate surface area is 247 Å². The number of rotatable bonds is 12. The highest BCUT2D eigenvalue weighted by Gasteiger charge is 2.51. The molecule has 0 saturated carbocycles. The van der Waals surface area contributed by atoms with Gasteiger partial charge in [0.2, 0.25) is 11.8 Å². The Hall–Kier alpha value is -4.02. The molecule has 0 bridgehead atoms. The number of nitrogens with zero attached hydrogens (tertiary/aromatic N) is 1. The molecule has 222 valence electrons. The second-order valence-electron chi connectivity index (χ2n) is 10.2. The van der Waals surface area contributed by atoms with Gasteiger partial charge in [-0.05, 0) is 36.1 Å². The van der Waals surface area contributed by atoms with E-state index < -0.39 is 54.1 Å². The quantitative estimate of drug-likeness (QED) is 0.239. The molecule has 0 radical (unpaired) electrons. The smallest absolute Gasteiger partial charge is 0.408 e. The van der Waals surface area contributed by atoms with Gasteiger partial charge < -0.3 is 20.8 Å². The monoisotopic (exact) mass is 599 g/mol. The fourth-order valence-corrected chi connectivity index (χ4v) is 5.49. The maximum atomic E-state index is 16.5. The van der Waals surface area contributed by atoms with Gasteiger partial charge in [0, 0.05) is 29.5 Å². The lowest BCUT2D eigenvalue weighted by Crippen LogP contribution is -2.56. The van der Waals surface area contributed by atoms with E-state index in [1.54, 1.807) is 36.4 Å². The van der Waals surface area contributed by atoms with Gasteiger partial charge in [-0.1, -0.05) is 84.4 Å². The normalized spacial score (nSPS) is 17.1. The van der Waals surface area contributed by atoms with Gasteiger partial charge in [0.25, 0.3) is 5.92 Å². The Balaban J connectivity index is 1.79. The highest BCUT2D eigenvalue weighted by molar-refractivity contribution is 6.30. The lowest BCUT2D eigenvalue weighted by molar-refractivity contribution is -0.135. The van der Waals surface area contributed by atoms with Gasteiger partial charge in [-0.15, -0.1) is 0 Å². The van der Waals surface area contributed by atoms with Crippen LogP contribution in [-0.4, -0.2) is 58.3 Å². The van der Waals surface area contributed by atoms with Crippen LogP contribution in [0.2, 0.25) is 5.02 Å². The molecule has 4 N–H and O–H groups in total. The number of benzene rings is 3. The van der Waals surface area contributed by atoms with Crippen LogP contribution >= 0.6 is 11.6 Å². The molecule has 3 aromatic rings. The molecule has 3 amide bonds. The van der Waals surface area contributed by atoms with Crippen molar-refractivity contribution in [1.82, 2.24) is 15.5 Å². The number of carbonyl (C=O) groups is 3. The lowest BCUT2D eigenvalue weighted by Gasteiger charge is -2.40. The molecule has 1 aliphatic heterocycles. The Morgan fingerprint density at radius 3 is 2.29 bits per heavy atom. The average molecular weight is 600 g/mol. The van der Waals surface area contributed by atoms with E-state index in [-0.39, 0.29) is 29.3 Å². The van der Waals surface area contributed by atoms with Crippen LogP contribution in [0.25, 0.3) is 0 Å². The largest absolute Gasteiger partial charge is 0.465 e. The summed E-state index contributed by atoms with van der Waals surface area (Å²) in [7, 11) is 0. The number of aliphatic hydroxyl groups is 1. The molecule has 1 saturated heterocycles. The van der Waals surface area contributed by atoms with Crippen LogP contribution in [0.5, 0.6) is 0 Å². The number of hydrogen-bond donors (Lipinski definition) is 4. The van der Waals surface area contributed by atoms with Gasteiger partial charge >= 0.3 is 6.09 Å². The van der Waals surface area contributed by atoms with Crippen molar-refractivity contribution in [3.05, 3.63) is 107 Å². The minimum atomic E-state index is -3.82. The molecule has 1 fully saturated rings. The summed E-state index contributed by atoms with van der Waals surface area (Å²) in [5, 5.41) is 25.9. The number of halogens is 3. The van der Waals surface area contributed by atoms with Crippen molar-refractivity contribution >= 4 is 29.5 Å². The minimum absolute atomic E-state index is 0.0305. The average Bonchev–Trinajstić information content (AvgIpc) is 3.38. The fourth-order valence-electron chi connectivity index (χ4n) is 5.30. The number of aliphatic hydroxyl groups excluding tert-OH is 1. The Morgan fingerprint density at radius 2 is 1.71 bits per heavy atom. The molecule has 3 aromatic carbocycles. The summed E-state index contributed by atoms with van der Waals surface area (Å²) >= 11 is 6.04. The van der Waals surface area contributed by atoms with Crippen molar-refractivity contribution in [1.29, 1.82) is 0 Å². The molecule has 4 atom stereocenters. The predicted molar refractivity (Wildman–Crippen MR) is 153 cm³/mol. The molecular formula is C31H32ClF2N3O5. The van der Waals surface area contributed by atoms with Crippen LogP contribution in [0.1, 0.15) is 35.6 Å². The van der Waals surface area contributed by atoms with Crippen molar-refractivity contribution in [3.8, 4) is 0 Å². The summed E-state index contributed by atoms with van der Waals surface area (Å²) < 4.78 is 33.0. The summed E-state index contributed by atoms with van der Waals surface area (Å²) in [6.07, 6.45) is -1.34. The summed E-state index contributed by atoms with van der Waals surface area (Å²) in [6, 6.07) is 16.2. The lowest BCUT2D eigenvalue weighted by atomic mass is 9.90. The standard InChI is InChI=1S/C31H32ClF2N3O5/c32-24-13-7-12-23(18-24)31(33,34)27(21-10-5-2-6-11-21)37(30(41)42)26(16-20-8-3-1-4-9-20)29(40)36-25(19-38)17-22-14-15-35-28(22)39/h1-13,18,22,25-27,38H,14-17,19H2,(H,35,39)(H,36,40)(H,41,42)/t22-,25-,26-,27?/m0/s1. The first-order chi connectivity index (χ1) is 20.1. The number of nitrogens with one attached hydrogen (secondary N) is 2. The fraction of sp³-hybridized carbons (Fsp3) is 0.323. The number of carbonyl (C=O) groups excluding carboxylic acids is 2. The zero-order valence-corrected chi connectivity index (χ0v) is 23.4. The van der Waals surface area contributed by atoms with E-state index in [0.717, 1.165) is 12.1 Å². The Bertz CT molecular complexity index is 1380. The van der Waals surface area contributed by atoms with E-state index >= 15 is 8.78 Å². The Morgan fingerprint density at radius 1 is 1.05 bits per heavy atom. The second kappa shape index (κ2) is 13.8. The van der Waals surface area contributed by atoms with Gasteiger partial charge in [-0.25, -0.2) is 4.79 Å². The van der Waals surface area contributed by atoms with E-state index in [1.165, 1.54) is 36.4 Å². The van der Waals surface area contributed by atoms with Crippen LogP contribution in [0, 0.1) is 5.92 Å². The van der Waals surface area contributed by atoms with E-state index in [1.807, 2.05) is 0 Å². The third kappa shape index (κ3) is 7.24. The van der Waals surface area contributed by atoms with E-state index in [9.17, 15) is 24.6 Å². The van der Waals surface area contributed by atoms with Crippen LogP contribution in [0.4, 0.5) is 13.6 Å². The topological polar surface area (TPSA) is 119 Å². The van der Waals surface area contributed by atoms with Gasteiger partial charge in [-0.3, -0.25) is 14.5 Å². The highest BCUT2D eigenvalue weighted by atomic mass is 35.5. The van der Waals surface area contributed by atoms with Gasteiger partial charge in [0.15, 0.2) is 0 Å². The first-order valence-corrected chi connectivity index (χ1v) is 13.9. The van der Waals surface area contributed by atoms with Gasteiger partial charge in [-0.2, -0.15) is 8.78 Å². The van der Waals surface area contributed by atoms with Gasteiger partial charge in [0.1, 0.15) is 12.1 Å². The Kier molecular flexibility index (Phi) is 10.1. The van der Waals surface area contributed by atoms with E-state index in [2.05, 4.69) is 10.6 Å². The number of alkyl halides is 2. The van der Waals surface area contributed by atoms with Crippen LogP contribution in [-0.2, 0) is 21.9 Å². The third-order valence-electron chi connectivity index (χ3n) is 7.38.